The molecular formula is C7H10NO3S-. The monoisotopic (exact) mass is 188 g/mol. The summed E-state index contributed by atoms with van der Waals surface area (Å²) in [6.45, 7) is 1.99. The van der Waals surface area contributed by atoms with Gasteiger partial charge in [-0.2, -0.15) is 0 Å². The van der Waals surface area contributed by atoms with Crippen molar-refractivity contribution < 1.29 is 13.9 Å². The highest BCUT2D eigenvalue weighted by atomic mass is 32.2. The van der Waals surface area contributed by atoms with Crippen molar-refractivity contribution in [2.24, 2.45) is 5.14 Å². The van der Waals surface area contributed by atoms with E-state index >= 15 is 0 Å². The third kappa shape index (κ3) is 7.20. The largest absolute Gasteiger partial charge is 0.760 e. The molecule has 0 heterocycles. The Morgan fingerprint density at radius 3 is 2.00 bits per heavy atom. The number of nitrogens with two attached hydrogens (primary N) is 1. The summed E-state index contributed by atoms with van der Waals surface area (Å²) in [6, 6.07) is 7.09. The second-order valence-corrected chi connectivity index (χ2v) is 2.62. The quantitative estimate of drug-likeness (QED) is 0.579. The summed E-state index contributed by atoms with van der Waals surface area (Å²) >= 11 is -2.36. The fourth-order valence-electron chi connectivity index (χ4n) is 0.545. The Bertz CT molecular complexity index is 222. The van der Waals surface area contributed by atoms with Gasteiger partial charge in [-0.1, -0.05) is 17.7 Å². The van der Waals surface area contributed by atoms with Gasteiger partial charge in [-0.05, 0) is 19.1 Å². The van der Waals surface area contributed by atoms with Gasteiger partial charge in [-0.3, -0.25) is 9.35 Å². The predicted molar refractivity (Wildman–Crippen MR) is 46.0 cm³/mol. The zero-order chi connectivity index (χ0) is 9.56. The second-order valence-electron chi connectivity index (χ2n) is 2.10. The topological polar surface area (TPSA) is 86.4 Å². The average Bonchev–Trinajstić information content (AvgIpc) is 1.94. The molecule has 1 rings (SSSR count). The summed E-state index contributed by atoms with van der Waals surface area (Å²) in [5.41, 5.74) is 1.17. The van der Waals surface area contributed by atoms with Crippen molar-refractivity contribution >= 4 is 11.3 Å². The first kappa shape index (κ1) is 11.1. The van der Waals surface area contributed by atoms with Gasteiger partial charge in [-0.25, -0.2) is 0 Å². The minimum absolute atomic E-state index is 0.329. The van der Waals surface area contributed by atoms with Gasteiger partial charge in [0.15, 0.2) is 0 Å². The van der Waals surface area contributed by atoms with Gasteiger partial charge in [0.25, 0.3) is 0 Å². The van der Waals surface area contributed by atoms with E-state index in [1.54, 1.807) is 12.1 Å². The Hall–Kier alpha value is -0.910. The first-order chi connectivity index (χ1) is 5.52. The fraction of sp³-hybridized carbons (Fsp3) is 0.143. The van der Waals surface area contributed by atoms with Crippen LogP contribution in [-0.4, -0.2) is 13.9 Å². The molecule has 3 N–H and O–H groups in total. The smallest absolute Gasteiger partial charge is 0.115 e. The van der Waals surface area contributed by atoms with E-state index in [2.05, 4.69) is 5.14 Å². The predicted octanol–water partition coefficient (Wildman–Crippen LogP) is 0.440. The van der Waals surface area contributed by atoms with Gasteiger partial charge >= 0.3 is 0 Å². The van der Waals surface area contributed by atoms with Gasteiger partial charge < -0.3 is 9.66 Å². The maximum Gasteiger partial charge on any atom is 0.115 e. The van der Waals surface area contributed by atoms with Crippen molar-refractivity contribution in [2.45, 2.75) is 6.92 Å². The zero-order valence-electron chi connectivity index (χ0n) is 6.56. The van der Waals surface area contributed by atoms with E-state index in [9.17, 15) is 0 Å². The minimum atomic E-state index is -2.36. The molecule has 1 unspecified atom stereocenters. The molecule has 0 fully saturated rings. The summed E-state index contributed by atoms with van der Waals surface area (Å²) in [4.78, 5) is 0. The molecule has 1 atom stereocenters. The number of rotatable bonds is 0. The molecule has 5 heteroatoms. The van der Waals surface area contributed by atoms with E-state index in [0.29, 0.717) is 5.75 Å². The molecule has 0 aliphatic carbocycles. The molecule has 0 amide bonds. The molecule has 0 aliphatic rings. The van der Waals surface area contributed by atoms with Gasteiger partial charge in [-0.15, -0.1) is 0 Å². The molecule has 0 radical (unpaired) electrons. The molecule has 0 bridgehead atoms. The molecule has 0 saturated carbocycles. The first-order valence-corrected chi connectivity index (χ1v) is 4.25. The van der Waals surface area contributed by atoms with E-state index in [-0.39, 0.29) is 0 Å². The van der Waals surface area contributed by atoms with E-state index in [1.165, 1.54) is 5.56 Å². The van der Waals surface area contributed by atoms with E-state index < -0.39 is 11.3 Å². The normalized spacial score (nSPS) is 11.2. The maximum atomic E-state index is 8.78. The van der Waals surface area contributed by atoms with Gasteiger partial charge in [0, 0.05) is 11.3 Å². The third-order valence-corrected chi connectivity index (χ3v) is 1.03. The third-order valence-electron chi connectivity index (χ3n) is 1.03. The first-order valence-electron chi connectivity index (χ1n) is 3.11. The Labute approximate surface area is 73.4 Å². The van der Waals surface area contributed by atoms with Crippen molar-refractivity contribution in [2.75, 3.05) is 0 Å². The number of aryl methyl sites for hydroxylation is 1. The number of benzene rings is 1. The molecule has 0 aromatic heterocycles. The van der Waals surface area contributed by atoms with Crippen LogP contribution in [0.15, 0.2) is 24.3 Å². The molecule has 1 aromatic carbocycles. The van der Waals surface area contributed by atoms with Crippen LogP contribution in [0, 0.1) is 6.92 Å². The van der Waals surface area contributed by atoms with E-state index in [0.717, 1.165) is 0 Å². The van der Waals surface area contributed by atoms with Crippen molar-refractivity contribution in [3.05, 3.63) is 29.8 Å². The Morgan fingerprint density at radius 2 is 1.75 bits per heavy atom. The SMILES string of the molecule is Cc1ccc(O)cc1.NS(=O)[O-]. The summed E-state index contributed by atoms with van der Waals surface area (Å²) < 4.78 is 17.6. The lowest BCUT2D eigenvalue weighted by molar-refractivity contribution is 0.475. The molecule has 0 aliphatic heterocycles. The Kier molecular flexibility index (Phi) is 5.27. The molecular weight excluding hydrogens is 178 g/mol. The highest BCUT2D eigenvalue weighted by Gasteiger charge is 1.82. The molecule has 4 nitrogen and oxygen atoms in total. The Balaban J connectivity index is 0.000000261. The summed E-state index contributed by atoms with van der Waals surface area (Å²) in [5, 5.41) is 12.8. The second kappa shape index (κ2) is 5.70. The maximum absolute atomic E-state index is 8.78. The number of hydrogen-bond donors (Lipinski definition) is 2. The molecule has 0 spiro atoms. The Morgan fingerprint density at radius 1 is 1.42 bits per heavy atom. The standard InChI is InChI=1S/C7H8O.H3NO2S/c1-6-2-4-7(8)5-3-6;1-4(2)3/h2-5,8H,1H3;1H2,(H,2,3)/p-1. The van der Waals surface area contributed by atoms with Crippen LogP contribution in [-0.2, 0) is 11.3 Å². The molecule has 1 aromatic rings. The van der Waals surface area contributed by atoms with Gasteiger partial charge in [0.05, 0.1) is 0 Å². The van der Waals surface area contributed by atoms with Crippen LogP contribution in [0.1, 0.15) is 5.56 Å². The van der Waals surface area contributed by atoms with Crippen LogP contribution in [0.2, 0.25) is 0 Å². The van der Waals surface area contributed by atoms with Crippen molar-refractivity contribution in [3.63, 3.8) is 0 Å². The average molecular weight is 188 g/mol. The van der Waals surface area contributed by atoms with Crippen LogP contribution in [0.4, 0.5) is 0 Å². The molecule has 12 heavy (non-hydrogen) atoms. The fourth-order valence-corrected chi connectivity index (χ4v) is 0.545. The highest BCUT2D eigenvalue weighted by Crippen LogP contribution is 2.07. The van der Waals surface area contributed by atoms with E-state index in [1.807, 2.05) is 19.1 Å². The lowest BCUT2D eigenvalue weighted by atomic mass is 10.2. The number of phenols is 1. The van der Waals surface area contributed by atoms with Crippen molar-refractivity contribution in [1.29, 1.82) is 0 Å². The molecule has 0 saturated heterocycles. The number of hydrogen-bond acceptors (Lipinski definition) is 3. The van der Waals surface area contributed by atoms with Crippen molar-refractivity contribution in [3.8, 4) is 5.75 Å². The van der Waals surface area contributed by atoms with Crippen molar-refractivity contribution in [1.82, 2.24) is 0 Å². The van der Waals surface area contributed by atoms with E-state index in [4.69, 9.17) is 13.9 Å². The minimum Gasteiger partial charge on any atom is -0.760 e. The zero-order valence-corrected chi connectivity index (χ0v) is 7.38. The lowest BCUT2D eigenvalue weighted by Gasteiger charge is -1.89. The summed E-state index contributed by atoms with van der Waals surface area (Å²) in [5.74, 6) is 0.329. The molecule has 68 valence electrons. The van der Waals surface area contributed by atoms with Gasteiger partial charge in [0.1, 0.15) is 5.75 Å². The van der Waals surface area contributed by atoms with Gasteiger partial charge in [0.2, 0.25) is 0 Å². The lowest BCUT2D eigenvalue weighted by Crippen LogP contribution is -1.97. The van der Waals surface area contributed by atoms with Crippen LogP contribution in [0.25, 0.3) is 0 Å². The van der Waals surface area contributed by atoms with Crippen LogP contribution >= 0.6 is 0 Å². The highest BCUT2D eigenvalue weighted by molar-refractivity contribution is 7.76. The van der Waals surface area contributed by atoms with Crippen LogP contribution in [0.3, 0.4) is 0 Å². The summed E-state index contributed by atoms with van der Waals surface area (Å²) in [7, 11) is 0. The number of phenolic OH excluding ortho intramolecular Hbond substituents is 1. The number of aromatic hydroxyl groups is 1. The van der Waals surface area contributed by atoms with Crippen LogP contribution < -0.4 is 5.14 Å². The summed E-state index contributed by atoms with van der Waals surface area (Å²) in [6.07, 6.45) is 0. The van der Waals surface area contributed by atoms with Crippen LogP contribution in [0.5, 0.6) is 5.75 Å².